The number of carbonyl (C=O) groups excluding carboxylic acids is 1. The molecule has 0 spiro atoms. The lowest BCUT2D eigenvalue weighted by molar-refractivity contribution is -0.120. The zero-order valence-corrected chi connectivity index (χ0v) is 11.8. The first kappa shape index (κ1) is 12.2. The average molecular weight is 270 g/mol. The summed E-state index contributed by atoms with van der Waals surface area (Å²) < 4.78 is 0. The highest BCUT2D eigenvalue weighted by molar-refractivity contribution is 5.98. The minimum atomic E-state index is 0.320. The van der Waals surface area contributed by atoms with Crippen molar-refractivity contribution in [2.24, 2.45) is 17.8 Å². The lowest BCUT2D eigenvalue weighted by Crippen LogP contribution is -2.37. The first-order valence-electron chi connectivity index (χ1n) is 7.95. The van der Waals surface area contributed by atoms with Crippen LogP contribution >= 0.6 is 0 Å². The van der Waals surface area contributed by atoms with Gasteiger partial charge in [0.1, 0.15) is 0 Å². The van der Waals surface area contributed by atoms with Crippen LogP contribution in [0.15, 0.2) is 18.2 Å². The Hall–Kier alpha value is -1.51. The summed E-state index contributed by atoms with van der Waals surface area (Å²) in [7, 11) is 0. The molecule has 2 aliphatic carbocycles. The monoisotopic (exact) mass is 270 g/mol. The molecule has 2 unspecified atom stereocenters. The fraction of sp³-hybridized carbons (Fsp3) is 0.588. The minimum absolute atomic E-state index is 0.320. The fourth-order valence-corrected chi connectivity index (χ4v) is 4.38. The highest BCUT2D eigenvalue weighted by Crippen LogP contribution is 2.56. The van der Waals surface area contributed by atoms with Crippen molar-refractivity contribution in [1.29, 1.82) is 0 Å². The molecule has 0 radical (unpaired) electrons. The molecule has 20 heavy (non-hydrogen) atoms. The molecule has 0 aromatic heterocycles. The van der Waals surface area contributed by atoms with Crippen molar-refractivity contribution in [3.63, 3.8) is 0 Å². The highest BCUT2D eigenvalue weighted by Gasteiger charge is 2.56. The molecule has 106 valence electrons. The van der Waals surface area contributed by atoms with E-state index in [9.17, 15) is 4.79 Å². The second-order valence-electron chi connectivity index (χ2n) is 6.62. The van der Waals surface area contributed by atoms with Crippen LogP contribution in [-0.2, 0) is 11.2 Å². The number of nitrogens with zero attached hydrogens (tertiary/aromatic N) is 1. The number of carbonyl (C=O) groups is 1. The molecule has 1 heterocycles. The van der Waals surface area contributed by atoms with Gasteiger partial charge in [-0.25, -0.2) is 0 Å². The predicted molar refractivity (Wildman–Crippen MR) is 80.5 cm³/mol. The standard InChI is InChI=1S/C17H22N2O/c18-12-7-8-15-11(10-12)4-3-9-19(15)17(20)16-13-5-1-2-6-14(13)16/h7-8,10,13-14,16H,1-6,9,18H2. The van der Waals surface area contributed by atoms with Gasteiger partial charge in [-0.3, -0.25) is 4.79 Å². The van der Waals surface area contributed by atoms with Crippen molar-refractivity contribution < 1.29 is 4.79 Å². The maximum absolute atomic E-state index is 12.9. The third-order valence-electron chi connectivity index (χ3n) is 5.43. The van der Waals surface area contributed by atoms with Crippen LogP contribution in [0.5, 0.6) is 0 Å². The van der Waals surface area contributed by atoms with Crippen molar-refractivity contribution in [3.05, 3.63) is 23.8 Å². The Morgan fingerprint density at radius 2 is 1.90 bits per heavy atom. The van der Waals surface area contributed by atoms with E-state index in [1.54, 1.807) is 0 Å². The first-order valence-corrected chi connectivity index (χ1v) is 7.95. The van der Waals surface area contributed by atoms with Gasteiger partial charge >= 0.3 is 0 Å². The van der Waals surface area contributed by atoms with Crippen LogP contribution in [-0.4, -0.2) is 12.5 Å². The molecule has 2 atom stereocenters. The number of anilines is 2. The zero-order chi connectivity index (χ0) is 13.7. The third-order valence-corrected chi connectivity index (χ3v) is 5.43. The molecule has 1 aromatic carbocycles. The van der Waals surface area contributed by atoms with E-state index >= 15 is 0 Å². The molecule has 2 N–H and O–H groups in total. The quantitative estimate of drug-likeness (QED) is 0.797. The van der Waals surface area contributed by atoms with Gasteiger partial charge in [0.25, 0.3) is 0 Å². The normalized spacial score (nSPS) is 31.4. The number of nitrogens with two attached hydrogens (primary N) is 1. The molecule has 0 bridgehead atoms. The van der Waals surface area contributed by atoms with Gasteiger partial charge in [-0.1, -0.05) is 12.8 Å². The van der Waals surface area contributed by atoms with Crippen molar-refractivity contribution in [3.8, 4) is 0 Å². The van der Waals surface area contributed by atoms with Crippen LogP contribution in [0.1, 0.15) is 37.7 Å². The van der Waals surface area contributed by atoms with E-state index in [0.717, 1.165) is 30.8 Å². The first-order chi connectivity index (χ1) is 9.75. The molecule has 1 aliphatic heterocycles. The number of hydrogen-bond acceptors (Lipinski definition) is 2. The Labute approximate surface area is 120 Å². The van der Waals surface area contributed by atoms with Crippen LogP contribution < -0.4 is 10.6 Å². The van der Waals surface area contributed by atoms with Crippen LogP contribution in [0.25, 0.3) is 0 Å². The zero-order valence-electron chi connectivity index (χ0n) is 11.8. The van der Waals surface area contributed by atoms with Gasteiger partial charge in [-0.2, -0.15) is 0 Å². The van der Waals surface area contributed by atoms with Crippen molar-refractivity contribution >= 4 is 17.3 Å². The van der Waals surface area contributed by atoms with E-state index in [4.69, 9.17) is 5.73 Å². The summed E-state index contributed by atoms with van der Waals surface area (Å²) in [5.74, 6) is 2.08. The summed E-state index contributed by atoms with van der Waals surface area (Å²) in [5.41, 5.74) is 9.03. The average Bonchev–Trinajstić information content (AvgIpc) is 3.20. The number of hydrogen-bond donors (Lipinski definition) is 1. The maximum atomic E-state index is 12.9. The Kier molecular flexibility index (Phi) is 2.76. The van der Waals surface area contributed by atoms with Crippen LogP contribution in [0.4, 0.5) is 11.4 Å². The van der Waals surface area contributed by atoms with Crippen LogP contribution in [0.3, 0.4) is 0 Å². The molecular weight excluding hydrogens is 248 g/mol. The van der Waals surface area contributed by atoms with E-state index in [2.05, 4.69) is 0 Å². The Morgan fingerprint density at radius 1 is 1.15 bits per heavy atom. The van der Waals surface area contributed by atoms with Gasteiger partial charge < -0.3 is 10.6 Å². The number of rotatable bonds is 1. The number of amides is 1. The van der Waals surface area contributed by atoms with E-state index < -0.39 is 0 Å². The largest absolute Gasteiger partial charge is 0.399 e. The van der Waals surface area contributed by atoms with Crippen molar-refractivity contribution in [2.45, 2.75) is 38.5 Å². The summed E-state index contributed by atoms with van der Waals surface area (Å²) in [6.07, 6.45) is 7.27. The molecule has 1 aromatic rings. The molecule has 3 aliphatic rings. The smallest absolute Gasteiger partial charge is 0.230 e. The molecule has 4 rings (SSSR count). The maximum Gasteiger partial charge on any atom is 0.230 e. The van der Waals surface area contributed by atoms with Gasteiger partial charge in [-0.15, -0.1) is 0 Å². The number of benzene rings is 1. The SMILES string of the molecule is Nc1ccc2c(c1)CCCN2C(=O)C1C2CCCCC21. The van der Waals surface area contributed by atoms with Gasteiger partial charge in [0.2, 0.25) is 5.91 Å². The van der Waals surface area contributed by atoms with Crippen molar-refractivity contribution in [1.82, 2.24) is 0 Å². The number of aryl methyl sites for hydroxylation is 1. The molecular formula is C17H22N2O. The summed E-state index contributed by atoms with van der Waals surface area (Å²) in [5, 5.41) is 0. The lowest BCUT2D eigenvalue weighted by Gasteiger charge is -2.30. The minimum Gasteiger partial charge on any atom is -0.399 e. The molecule has 3 nitrogen and oxygen atoms in total. The summed E-state index contributed by atoms with van der Waals surface area (Å²) in [6, 6.07) is 5.99. The van der Waals surface area contributed by atoms with Crippen molar-refractivity contribution in [2.75, 3.05) is 17.2 Å². The third kappa shape index (κ3) is 1.83. The lowest BCUT2D eigenvalue weighted by atomic mass is 10.0. The van der Waals surface area contributed by atoms with E-state index in [1.807, 2.05) is 23.1 Å². The van der Waals surface area contributed by atoms with E-state index in [-0.39, 0.29) is 0 Å². The van der Waals surface area contributed by atoms with Crippen LogP contribution in [0.2, 0.25) is 0 Å². The molecule has 2 fully saturated rings. The number of fused-ring (bicyclic) bond motifs is 2. The second-order valence-corrected chi connectivity index (χ2v) is 6.62. The molecule has 3 heteroatoms. The Bertz CT molecular complexity index is 542. The van der Waals surface area contributed by atoms with Gasteiger partial charge in [0.15, 0.2) is 0 Å². The predicted octanol–water partition coefficient (Wildman–Crippen LogP) is 2.98. The molecule has 0 saturated heterocycles. The summed E-state index contributed by atoms with van der Waals surface area (Å²) >= 11 is 0. The number of nitrogen functional groups attached to an aromatic ring is 1. The highest BCUT2D eigenvalue weighted by atomic mass is 16.2. The second kappa shape index (κ2) is 4.51. The van der Waals surface area contributed by atoms with Crippen LogP contribution in [0, 0.1) is 17.8 Å². The van der Waals surface area contributed by atoms with Gasteiger partial charge in [-0.05, 0) is 61.3 Å². The molecule has 2 saturated carbocycles. The van der Waals surface area contributed by atoms with Gasteiger partial charge in [0, 0.05) is 23.8 Å². The van der Waals surface area contributed by atoms with E-state index in [0.29, 0.717) is 23.7 Å². The Balaban J connectivity index is 1.59. The molecule has 1 amide bonds. The summed E-state index contributed by atoms with van der Waals surface area (Å²) in [4.78, 5) is 14.9. The fourth-order valence-electron chi connectivity index (χ4n) is 4.38. The topological polar surface area (TPSA) is 46.3 Å². The Morgan fingerprint density at radius 3 is 2.65 bits per heavy atom. The van der Waals surface area contributed by atoms with Gasteiger partial charge in [0.05, 0.1) is 0 Å². The summed E-state index contributed by atoms with van der Waals surface area (Å²) in [6.45, 7) is 0.881. The van der Waals surface area contributed by atoms with E-state index in [1.165, 1.54) is 31.2 Å².